The van der Waals surface area contributed by atoms with E-state index < -0.39 is 10.0 Å². The van der Waals surface area contributed by atoms with Crippen LogP contribution in [0.4, 0.5) is 17.3 Å². The van der Waals surface area contributed by atoms with Crippen molar-refractivity contribution in [2.45, 2.75) is 70.1 Å². The van der Waals surface area contributed by atoms with E-state index in [1.807, 2.05) is 24.3 Å². The molecule has 184 valence electrons. The van der Waals surface area contributed by atoms with E-state index in [4.69, 9.17) is 15.7 Å². The number of sulfonamides is 1. The van der Waals surface area contributed by atoms with Crippen molar-refractivity contribution in [2.24, 2.45) is 0 Å². The quantitative estimate of drug-likeness (QED) is 0.216. The Morgan fingerprint density at radius 1 is 0.794 bits per heavy atom. The highest BCUT2D eigenvalue weighted by atomic mass is 32.2. The van der Waals surface area contributed by atoms with Gasteiger partial charge in [0.15, 0.2) is 11.6 Å². The van der Waals surface area contributed by atoms with E-state index >= 15 is 0 Å². The molecule has 3 rings (SSSR count). The van der Waals surface area contributed by atoms with E-state index in [0.717, 1.165) is 44.3 Å². The van der Waals surface area contributed by atoms with Crippen molar-refractivity contribution < 1.29 is 8.42 Å². The molecule has 8 heteroatoms. The number of benzene rings is 2. The second-order valence-electron chi connectivity index (χ2n) is 8.67. The van der Waals surface area contributed by atoms with Crippen LogP contribution in [0, 0.1) is 0 Å². The summed E-state index contributed by atoms with van der Waals surface area (Å²) in [6.45, 7) is 6.02. The number of fused-ring (bicyclic) bond motifs is 1. The molecule has 0 bridgehead atoms. The summed E-state index contributed by atoms with van der Waals surface area (Å²) in [6, 6.07) is 13.7. The van der Waals surface area contributed by atoms with E-state index in [1.165, 1.54) is 37.8 Å². The second-order valence-corrected chi connectivity index (χ2v) is 10.3. The van der Waals surface area contributed by atoms with Crippen molar-refractivity contribution in [1.29, 1.82) is 0 Å². The van der Waals surface area contributed by atoms with Crippen molar-refractivity contribution in [3.63, 3.8) is 0 Å². The minimum Gasteiger partial charge on any atom is -0.399 e. The average Bonchev–Trinajstić information content (AvgIpc) is 2.83. The van der Waals surface area contributed by atoms with Crippen LogP contribution in [0.2, 0.25) is 0 Å². The number of nitrogen functional groups attached to an aromatic ring is 1. The molecule has 0 saturated carbocycles. The van der Waals surface area contributed by atoms with Gasteiger partial charge < -0.3 is 10.6 Å². The van der Waals surface area contributed by atoms with Gasteiger partial charge in [-0.05, 0) is 49.2 Å². The molecule has 0 aliphatic rings. The lowest BCUT2D eigenvalue weighted by Gasteiger charge is -2.26. The summed E-state index contributed by atoms with van der Waals surface area (Å²) in [5.74, 6) is 0.854. The highest BCUT2D eigenvalue weighted by Gasteiger charge is 2.22. The fourth-order valence-corrected chi connectivity index (χ4v) is 4.90. The van der Waals surface area contributed by atoms with Crippen molar-refractivity contribution in [2.75, 3.05) is 28.4 Å². The van der Waals surface area contributed by atoms with E-state index in [2.05, 4.69) is 23.5 Å². The van der Waals surface area contributed by atoms with Crippen LogP contribution in [0.15, 0.2) is 53.4 Å². The summed E-state index contributed by atoms with van der Waals surface area (Å²) in [6.07, 6.45) is 9.02. The van der Waals surface area contributed by atoms with Crippen LogP contribution in [-0.4, -0.2) is 31.5 Å². The number of para-hydroxylation sites is 2. The zero-order valence-electron chi connectivity index (χ0n) is 20.3. The van der Waals surface area contributed by atoms with Crippen molar-refractivity contribution >= 4 is 38.4 Å². The van der Waals surface area contributed by atoms with Gasteiger partial charge in [0.1, 0.15) is 0 Å². The van der Waals surface area contributed by atoms with E-state index in [0.29, 0.717) is 17.0 Å². The fourth-order valence-electron chi connectivity index (χ4n) is 3.90. The molecule has 2 aromatic carbocycles. The summed E-state index contributed by atoms with van der Waals surface area (Å²) >= 11 is 0. The Hall–Kier alpha value is -2.87. The Kier molecular flexibility index (Phi) is 9.51. The monoisotopic (exact) mass is 483 g/mol. The Balaban J connectivity index is 1.97. The number of hydrogen-bond donors (Lipinski definition) is 2. The molecule has 0 aliphatic heterocycles. The lowest BCUT2D eigenvalue weighted by Crippen LogP contribution is -2.29. The molecule has 0 aliphatic carbocycles. The molecule has 0 fully saturated rings. The number of nitrogens with one attached hydrogen (secondary N) is 1. The molecule has 0 spiro atoms. The Morgan fingerprint density at radius 2 is 1.35 bits per heavy atom. The Labute approximate surface area is 203 Å². The first-order chi connectivity index (χ1) is 16.4. The molecule has 3 aromatic rings. The average molecular weight is 484 g/mol. The van der Waals surface area contributed by atoms with Crippen LogP contribution in [-0.2, 0) is 10.0 Å². The Morgan fingerprint density at radius 3 is 1.91 bits per heavy atom. The van der Waals surface area contributed by atoms with E-state index in [9.17, 15) is 8.42 Å². The van der Waals surface area contributed by atoms with Crippen molar-refractivity contribution in [1.82, 2.24) is 9.97 Å². The molecule has 0 atom stereocenters. The molecule has 34 heavy (non-hydrogen) atoms. The zero-order valence-corrected chi connectivity index (χ0v) is 21.2. The van der Waals surface area contributed by atoms with Gasteiger partial charge in [0.25, 0.3) is 10.0 Å². The first-order valence-electron chi connectivity index (χ1n) is 12.3. The van der Waals surface area contributed by atoms with Crippen LogP contribution >= 0.6 is 0 Å². The highest BCUT2D eigenvalue weighted by Crippen LogP contribution is 2.28. The van der Waals surface area contributed by atoms with Gasteiger partial charge in [-0.25, -0.2) is 18.4 Å². The molecule has 3 N–H and O–H groups in total. The minimum absolute atomic E-state index is 0.139. The predicted octanol–water partition coefficient (Wildman–Crippen LogP) is 5.98. The molecule has 1 heterocycles. The molecule has 0 amide bonds. The standard InChI is InChI=1S/C26H37N5O2S/c1-3-5-7-11-19-31(20-12-8-6-4-2)26-25(28-23-13-9-10-14-24(23)29-26)30-34(32,33)22-17-15-21(27)16-18-22/h9-10,13-18H,3-8,11-12,19-20,27H2,1-2H3,(H,28,30). The lowest BCUT2D eigenvalue weighted by molar-refractivity contribution is 0.599. The maximum Gasteiger partial charge on any atom is 0.263 e. The summed E-state index contributed by atoms with van der Waals surface area (Å²) in [5, 5.41) is 0. The molecule has 0 radical (unpaired) electrons. The zero-order chi connectivity index (χ0) is 24.4. The fraction of sp³-hybridized carbons (Fsp3) is 0.462. The topological polar surface area (TPSA) is 101 Å². The van der Waals surface area contributed by atoms with Gasteiger partial charge in [-0.15, -0.1) is 0 Å². The number of unbranched alkanes of at least 4 members (excludes halogenated alkanes) is 6. The van der Waals surface area contributed by atoms with Crippen LogP contribution in [0.3, 0.4) is 0 Å². The first kappa shape index (κ1) is 25.7. The third-order valence-electron chi connectivity index (χ3n) is 5.84. The van der Waals surface area contributed by atoms with Gasteiger partial charge in [-0.3, -0.25) is 4.72 Å². The molecular weight excluding hydrogens is 446 g/mol. The number of aromatic nitrogens is 2. The normalized spacial score (nSPS) is 11.6. The summed E-state index contributed by atoms with van der Waals surface area (Å²) < 4.78 is 29.1. The summed E-state index contributed by atoms with van der Waals surface area (Å²) in [4.78, 5) is 11.9. The Bertz CT molecular complexity index is 1140. The van der Waals surface area contributed by atoms with Crippen molar-refractivity contribution in [3.8, 4) is 0 Å². The minimum atomic E-state index is -3.85. The van der Waals surface area contributed by atoms with Crippen LogP contribution < -0.4 is 15.4 Å². The van der Waals surface area contributed by atoms with E-state index in [-0.39, 0.29) is 10.7 Å². The predicted molar refractivity (Wildman–Crippen MR) is 142 cm³/mol. The van der Waals surface area contributed by atoms with Crippen LogP contribution in [0.25, 0.3) is 11.0 Å². The molecule has 7 nitrogen and oxygen atoms in total. The summed E-state index contributed by atoms with van der Waals surface area (Å²) in [7, 11) is -3.85. The highest BCUT2D eigenvalue weighted by molar-refractivity contribution is 7.92. The second kappa shape index (κ2) is 12.6. The molecule has 0 saturated heterocycles. The lowest BCUT2D eigenvalue weighted by atomic mass is 10.1. The van der Waals surface area contributed by atoms with Gasteiger partial charge in [0, 0.05) is 18.8 Å². The van der Waals surface area contributed by atoms with Crippen molar-refractivity contribution in [3.05, 3.63) is 48.5 Å². The number of anilines is 3. The molecular formula is C26H37N5O2S. The molecule has 1 aromatic heterocycles. The maximum atomic E-state index is 13.2. The third kappa shape index (κ3) is 7.06. The van der Waals surface area contributed by atoms with Crippen LogP contribution in [0.1, 0.15) is 65.2 Å². The van der Waals surface area contributed by atoms with Gasteiger partial charge in [0.05, 0.1) is 15.9 Å². The molecule has 0 unspecified atom stereocenters. The first-order valence-corrected chi connectivity index (χ1v) is 13.8. The SMILES string of the molecule is CCCCCCN(CCCCCC)c1nc2ccccc2nc1NS(=O)(=O)c1ccc(N)cc1. The van der Waals surface area contributed by atoms with Gasteiger partial charge in [0.2, 0.25) is 0 Å². The largest absolute Gasteiger partial charge is 0.399 e. The number of hydrogen-bond acceptors (Lipinski definition) is 6. The van der Waals surface area contributed by atoms with Crippen LogP contribution in [0.5, 0.6) is 0 Å². The maximum absolute atomic E-state index is 13.2. The van der Waals surface area contributed by atoms with Gasteiger partial charge >= 0.3 is 0 Å². The smallest absolute Gasteiger partial charge is 0.263 e. The number of nitrogens with zero attached hydrogens (tertiary/aromatic N) is 3. The van der Waals surface area contributed by atoms with Gasteiger partial charge in [-0.2, -0.15) is 0 Å². The van der Waals surface area contributed by atoms with E-state index in [1.54, 1.807) is 12.1 Å². The number of rotatable bonds is 14. The third-order valence-corrected chi connectivity index (χ3v) is 7.19. The number of nitrogens with two attached hydrogens (primary N) is 1. The summed E-state index contributed by atoms with van der Waals surface area (Å²) in [5.41, 5.74) is 7.65. The van der Waals surface area contributed by atoms with Gasteiger partial charge in [-0.1, -0.05) is 64.5 Å².